The van der Waals surface area contributed by atoms with Gasteiger partial charge in [0.15, 0.2) is 0 Å². The largest absolute Gasteiger partial charge is 0.462 e. The van der Waals surface area contributed by atoms with E-state index in [4.69, 9.17) is 9.47 Å². The zero-order valence-electron chi connectivity index (χ0n) is 53.2. The maximum absolute atomic E-state index is 13.0. The highest BCUT2D eigenvalue weighted by Crippen LogP contribution is 2.69. The molecule has 0 aromatic carbocycles. The molecule has 0 radical (unpaired) electrons. The van der Waals surface area contributed by atoms with Crippen LogP contribution in [0.4, 0.5) is 0 Å². The molecule has 446 valence electrons. The van der Waals surface area contributed by atoms with Gasteiger partial charge in [-0.05, 0) is 195 Å². The molecule has 0 heterocycles. The Kier molecular flexibility index (Phi) is 23.1. The van der Waals surface area contributed by atoms with Crippen molar-refractivity contribution < 1.29 is 19.1 Å². The second kappa shape index (κ2) is 28.8. The zero-order chi connectivity index (χ0) is 55.5. The lowest BCUT2D eigenvalue weighted by atomic mass is 9.47. The summed E-state index contributed by atoms with van der Waals surface area (Å²) in [6, 6.07) is 0. The number of unbranched alkanes of at least 4 members (excludes halogenated alkanes) is 15. The molecule has 8 aliphatic rings. The summed E-state index contributed by atoms with van der Waals surface area (Å²) in [6.07, 6.45) is 56.0. The van der Waals surface area contributed by atoms with Crippen LogP contribution in [0.2, 0.25) is 0 Å². The van der Waals surface area contributed by atoms with Gasteiger partial charge >= 0.3 is 11.9 Å². The molecule has 8 rings (SSSR count). The minimum Gasteiger partial charge on any atom is -0.462 e. The van der Waals surface area contributed by atoms with Crippen LogP contribution < -0.4 is 0 Å². The molecule has 0 N–H and O–H groups in total. The first-order valence-corrected chi connectivity index (χ1v) is 35.2. The molecule has 16 atom stereocenters. The molecule has 0 bridgehead atoms. The van der Waals surface area contributed by atoms with Gasteiger partial charge in [-0.25, -0.2) is 0 Å². The second-order valence-electron chi connectivity index (χ2n) is 31.4. The number of hydrogen-bond donors (Lipinski definition) is 0. The van der Waals surface area contributed by atoms with Crippen LogP contribution in [-0.4, -0.2) is 24.1 Å². The first-order valence-electron chi connectivity index (χ1n) is 35.2. The maximum atomic E-state index is 13.0. The molecule has 0 aromatic rings. The van der Waals surface area contributed by atoms with Gasteiger partial charge in [0.25, 0.3) is 0 Å². The van der Waals surface area contributed by atoms with Gasteiger partial charge in [0.05, 0.1) is 0 Å². The number of rotatable bonds is 31. The zero-order valence-corrected chi connectivity index (χ0v) is 53.2. The third-order valence-corrected chi connectivity index (χ3v) is 25.6. The van der Waals surface area contributed by atoms with Gasteiger partial charge in [-0.3, -0.25) is 9.59 Å². The molecule has 4 nitrogen and oxygen atoms in total. The third-order valence-electron chi connectivity index (χ3n) is 25.6. The lowest BCUT2D eigenvalue weighted by molar-refractivity contribution is -0.152. The number of fused-ring (bicyclic) bond motifs is 10. The highest BCUT2D eigenvalue weighted by atomic mass is 16.5. The van der Waals surface area contributed by atoms with Crippen LogP contribution in [0.25, 0.3) is 0 Å². The van der Waals surface area contributed by atoms with Gasteiger partial charge in [0.1, 0.15) is 12.2 Å². The molecule has 2 unspecified atom stereocenters. The Balaban J connectivity index is 0.591. The van der Waals surface area contributed by atoms with Crippen LogP contribution in [0, 0.1) is 92.7 Å². The average Bonchev–Trinajstić information content (AvgIpc) is 4.10. The lowest BCUT2D eigenvalue weighted by Crippen LogP contribution is -2.51. The number of carbonyl (C=O) groups excluding carboxylic acids is 2. The van der Waals surface area contributed by atoms with Crippen LogP contribution in [0.3, 0.4) is 0 Å². The number of hydrogen-bond acceptors (Lipinski definition) is 4. The van der Waals surface area contributed by atoms with Crippen molar-refractivity contribution in [2.75, 3.05) is 0 Å². The Bertz CT molecular complexity index is 1790. The third kappa shape index (κ3) is 15.0. The SMILES string of the molecule is CC(C)CCC[C@@H](C)[C@H]1CC[C@H]2[C@@H]3CC=C4CC(OC(=O)CCCCCCCCCCCCCCCCCCC(=O)OC5CC[C@@]6(C)C(=CC[C@H]7[C@@H]8CC[C@H]([C@H](C)CCCC(C)C)[C@@]8(C)CC[C@@H]76)C5)CC[C@]4(C)[C@H]3CC[C@]12C. The van der Waals surface area contributed by atoms with Gasteiger partial charge in [-0.2, -0.15) is 0 Å². The number of ether oxygens (including phenoxy) is 2. The predicted octanol–water partition coefficient (Wildman–Crippen LogP) is 21.9. The van der Waals surface area contributed by atoms with Crippen LogP contribution in [0.5, 0.6) is 0 Å². The van der Waals surface area contributed by atoms with Crippen molar-refractivity contribution in [1.29, 1.82) is 0 Å². The smallest absolute Gasteiger partial charge is 0.306 e. The molecule has 78 heavy (non-hydrogen) atoms. The molecule has 0 amide bonds. The predicted molar refractivity (Wildman–Crippen MR) is 329 cm³/mol. The van der Waals surface area contributed by atoms with Crippen molar-refractivity contribution in [3.8, 4) is 0 Å². The maximum Gasteiger partial charge on any atom is 0.306 e. The molecule has 0 aliphatic heterocycles. The first kappa shape index (κ1) is 62.5. The summed E-state index contributed by atoms with van der Waals surface area (Å²) in [5.74, 6) is 10.5. The highest BCUT2D eigenvalue weighted by molar-refractivity contribution is 5.70. The summed E-state index contributed by atoms with van der Waals surface area (Å²) in [5, 5.41) is 0. The number of carbonyl (C=O) groups is 2. The van der Waals surface area contributed by atoms with E-state index in [1.807, 2.05) is 0 Å². The summed E-state index contributed by atoms with van der Waals surface area (Å²) < 4.78 is 12.4. The Morgan fingerprint density at radius 2 is 0.769 bits per heavy atom. The van der Waals surface area contributed by atoms with Crippen molar-refractivity contribution in [2.45, 2.75) is 338 Å². The molecule has 0 aromatic heterocycles. The Hall–Kier alpha value is -1.58. The quantitative estimate of drug-likeness (QED) is 0.0394. The fourth-order valence-electron chi connectivity index (χ4n) is 21.0. The standard InChI is InChI=1S/C74H126O4/c1-53(2)29-27-31-55(5)63-39-41-65-61-37-35-57-51-59(43-47-71(57,7)67(61)45-49-73(63,65)9)77-69(75)33-25-23-21-19-17-15-13-11-12-14-16-18-20-22-24-26-34-70(76)78-60-44-48-72(8)58(52-60)36-38-62-66-42-40-64(56(6)32-28-30-54(3)4)74(66,10)50-46-68(62)72/h35-36,53-56,59-68H,11-34,37-52H2,1-10H3/t55-,56-,59?,60?,61+,62+,63-,64-,65+,66+,67+,68+,71+,72+,73-,74-/m1/s1. The topological polar surface area (TPSA) is 52.6 Å². The number of allylic oxidation sites excluding steroid dienone is 2. The molecule has 4 heteroatoms. The van der Waals surface area contributed by atoms with Gasteiger partial charge in [-0.15, -0.1) is 0 Å². The molecule has 0 spiro atoms. The minimum absolute atomic E-state index is 0.0555. The Labute approximate surface area is 483 Å². The van der Waals surface area contributed by atoms with Gasteiger partial charge < -0.3 is 9.47 Å². The monoisotopic (exact) mass is 1080 g/mol. The van der Waals surface area contributed by atoms with Gasteiger partial charge in [-0.1, -0.05) is 221 Å². The molecule has 6 fully saturated rings. The van der Waals surface area contributed by atoms with E-state index in [1.54, 1.807) is 11.1 Å². The highest BCUT2D eigenvalue weighted by Gasteiger charge is 2.61. The van der Waals surface area contributed by atoms with E-state index in [0.29, 0.717) is 34.5 Å². The van der Waals surface area contributed by atoms with Crippen LogP contribution in [0.1, 0.15) is 326 Å². The molecule has 6 saturated carbocycles. The van der Waals surface area contributed by atoms with E-state index < -0.39 is 0 Å². The molecule has 8 aliphatic carbocycles. The molecule has 0 saturated heterocycles. The normalized spacial score (nSPS) is 36.8. The van der Waals surface area contributed by atoms with E-state index in [2.05, 4.69) is 81.4 Å². The average molecular weight is 1080 g/mol. The molecular formula is C74H126O4. The van der Waals surface area contributed by atoms with Gasteiger partial charge in [0.2, 0.25) is 0 Å². The fourth-order valence-corrected chi connectivity index (χ4v) is 21.0. The van der Waals surface area contributed by atoms with E-state index >= 15 is 0 Å². The summed E-state index contributed by atoms with van der Waals surface area (Å²) in [7, 11) is 0. The van der Waals surface area contributed by atoms with Gasteiger partial charge in [0, 0.05) is 25.7 Å². The summed E-state index contributed by atoms with van der Waals surface area (Å²) in [5.41, 5.74) is 5.00. The minimum atomic E-state index is 0.0555. The van der Waals surface area contributed by atoms with Crippen LogP contribution >= 0.6 is 0 Å². The van der Waals surface area contributed by atoms with E-state index in [1.165, 1.54) is 193 Å². The lowest BCUT2D eigenvalue weighted by Gasteiger charge is -2.58. The number of esters is 2. The first-order chi connectivity index (χ1) is 37.5. The van der Waals surface area contributed by atoms with Crippen LogP contribution in [-0.2, 0) is 19.1 Å². The van der Waals surface area contributed by atoms with E-state index in [-0.39, 0.29) is 24.1 Å². The second-order valence-corrected chi connectivity index (χ2v) is 31.4. The van der Waals surface area contributed by atoms with Crippen molar-refractivity contribution >= 4 is 11.9 Å². The van der Waals surface area contributed by atoms with E-state index in [9.17, 15) is 9.59 Å². The van der Waals surface area contributed by atoms with Crippen molar-refractivity contribution in [1.82, 2.24) is 0 Å². The van der Waals surface area contributed by atoms with Crippen molar-refractivity contribution in [2.24, 2.45) is 92.7 Å². The van der Waals surface area contributed by atoms with Crippen molar-refractivity contribution in [3.05, 3.63) is 23.3 Å². The molecular weight excluding hydrogens is 953 g/mol. The Morgan fingerprint density at radius 1 is 0.423 bits per heavy atom. The fraction of sp³-hybridized carbons (Fsp3) is 0.919. The Morgan fingerprint density at radius 3 is 1.12 bits per heavy atom. The summed E-state index contributed by atoms with van der Waals surface area (Å²) in [6.45, 7) is 25.4. The summed E-state index contributed by atoms with van der Waals surface area (Å²) in [4.78, 5) is 26.1. The van der Waals surface area contributed by atoms with E-state index in [0.717, 1.165) is 122 Å². The van der Waals surface area contributed by atoms with Crippen molar-refractivity contribution in [3.63, 3.8) is 0 Å². The summed E-state index contributed by atoms with van der Waals surface area (Å²) >= 11 is 0. The van der Waals surface area contributed by atoms with Crippen LogP contribution in [0.15, 0.2) is 23.3 Å².